The summed E-state index contributed by atoms with van der Waals surface area (Å²) in [5.74, 6) is -1.97. The first-order chi connectivity index (χ1) is 17.9. The predicted molar refractivity (Wildman–Crippen MR) is 144 cm³/mol. The molecule has 1 N–H and O–H groups in total. The number of benzene rings is 2. The van der Waals surface area contributed by atoms with Gasteiger partial charge >= 0.3 is 5.97 Å². The lowest BCUT2D eigenvalue weighted by atomic mass is 9.95. The zero-order valence-electron chi connectivity index (χ0n) is 20.4. The lowest BCUT2D eigenvalue weighted by Crippen LogP contribution is -2.35. The van der Waals surface area contributed by atoms with Crippen LogP contribution < -0.4 is 4.90 Å². The number of nitrogens with zero attached hydrogens (tertiary/aromatic N) is 5. The largest absolute Gasteiger partial charge is 0.481 e. The Labute approximate surface area is 217 Å². The van der Waals surface area contributed by atoms with Gasteiger partial charge in [-0.2, -0.15) is 0 Å². The van der Waals surface area contributed by atoms with E-state index in [0.29, 0.717) is 11.6 Å². The van der Waals surface area contributed by atoms with E-state index in [1.807, 2.05) is 83.9 Å². The maximum atomic E-state index is 13.4. The summed E-state index contributed by atoms with van der Waals surface area (Å²) < 4.78 is 1.87. The van der Waals surface area contributed by atoms with Gasteiger partial charge in [0.2, 0.25) is 5.91 Å². The van der Waals surface area contributed by atoms with Gasteiger partial charge in [0.15, 0.2) is 10.8 Å². The standard InChI is InChI=1S/C28H25N5O3S/c1-32-17-30-23-13-20(15-29-26(23)32)21-10-6-7-11-22(21)24-16-37-28(31-24)33(2)27(36)19(14-25(34)35)12-18-8-4-3-5-9-18/h3-11,13,15-17,19H,12,14H2,1-2H3,(H,34,35)/t19-/m1/s1. The molecule has 1 atom stereocenters. The Bertz CT molecular complexity index is 1580. The minimum absolute atomic E-state index is 0.248. The van der Waals surface area contributed by atoms with E-state index in [1.165, 1.54) is 16.2 Å². The van der Waals surface area contributed by atoms with Crippen molar-refractivity contribution in [3.8, 4) is 22.4 Å². The summed E-state index contributed by atoms with van der Waals surface area (Å²) in [5, 5.41) is 11.8. The van der Waals surface area contributed by atoms with Gasteiger partial charge < -0.3 is 9.67 Å². The fourth-order valence-electron chi connectivity index (χ4n) is 4.39. The van der Waals surface area contributed by atoms with Gasteiger partial charge in [-0.3, -0.25) is 14.5 Å². The highest BCUT2D eigenvalue weighted by Gasteiger charge is 2.27. The van der Waals surface area contributed by atoms with Gasteiger partial charge in [0.05, 0.1) is 24.4 Å². The molecule has 9 heteroatoms. The van der Waals surface area contributed by atoms with Crippen molar-refractivity contribution < 1.29 is 14.7 Å². The molecule has 0 saturated heterocycles. The van der Waals surface area contributed by atoms with Crippen molar-refractivity contribution in [1.82, 2.24) is 19.5 Å². The number of carbonyl (C=O) groups is 2. The lowest BCUT2D eigenvalue weighted by molar-refractivity contribution is -0.140. The molecule has 3 aromatic heterocycles. The third-order valence-electron chi connectivity index (χ3n) is 6.27. The predicted octanol–water partition coefficient (Wildman–Crippen LogP) is 5.06. The van der Waals surface area contributed by atoms with E-state index in [0.717, 1.165) is 39.1 Å². The number of hydrogen-bond donors (Lipinski definition) is 1. The maximum absolute atomic E-state index is 13.4. The molecule has 0 spiro atoms. The monoisotopic (exact) mass is 511 g/mol. The highest BCUT2D eigenvalue weighted by Crippen LogP contribution is 2.35. The first-order valence-electron chi connectivity index (χ1n) is 11.8. The van der Waals surface area contributed by atoms with E-state index in [4.69, 9.17) is 4.98 Å². The number of imidazole rings is 1. The Kier molecular flexibility index (Phi) is 6.78. The molecule has 0 fully saturated rings. The third-order valence-corrected chi connectivity index (χ3v) is 7.19. The molecule has 186 valence electrons. The zero-order valence-corrected chi connectivity index (χ0v) is 21.2. The van der Waals surface area contributed by atoms with Crippen LogP contribution in [0, 0.1) is 5.92 Å². The number of anilines is 1. The van der Waals surface area contributed by atoms with Crippen LogP contribution in [-0.4, -0.2) is 43.5 Å². The second kappa shape index (κ2) is 10.3. The van der Waals surface area contributed by atoms with Crippen LogP contribution in [0.15, 0.2) is 78.6 Å². The number of carbonyl (C=O) groups excluding carboxylic acids is 1. The van der Waals surface area contributed by atoms with Crippen molar-refractivity contribution in [2.75, 3.05) is 11.9 Å². The summed E-state index contributed by atoms with van der Waals surface area (Å²) >= 11 is 1.35. The Morgan fingerprint density at radius 2 is 1.78 bits per heavy atom. The van der Waals surface area contributed by atoms with Gasteiger partial charge in [0.25, 0.3) is 0 Å². The van der Waals surface area contributed by atoms with E-state index >= 15 is 0 Å². The maximum Gasteiger partial charge on any atom is 0.304 e. The Hall–Kier alpha value is -4.37. The minimum Gasteiger partial charge on any atom is -0.481 e. The summed E-state index contributed by atoms with van der Waals surface area (Å²) in [6, 6.07) is 19.4. The van der Waals surface area contributed by atoms with Crippen LogP contribution in [0.3, 0.4) is 0 Å². The van der Waals surface area contributed by atoms with Gasteiger partial charge in [0, 0.05) is 36.8 Å². The molecule has 37 heavy (non-hydrogen) atoms. The molecule has 0 bridgehead atoms. The summed E-state index contributed by atoms with van der Waals surface area (Å²) in [4.78, 5) is 40.1. The van der Waals surface area contributed by atoms with E-state index < -0.39 is 11.9 Å². The van der Waals surface area contributed by atoms with Crippen LogP contribution in [0.1, 0.15) is 12.0 Å². The van der Waals surface area contributed by atoms with Crippen molar-refractivity contribution in [3.05, 3.63) is 84.1 Å². The van der Waals surface area contributed by atoms with Crippen LogP contribution in [0.4, 0.5) is 5.13 Å². The topological polar surface area (TPSA) is 101 Å². The van der Waals surface area contributed by atoms with Gasteiger partial charge in [-0.25, -0.2) is 15.0 Å². The molecular formula is C28H25N5O3S. The van der Waals surface area contributed by atoms with Crippen LogP contribution in [-0.2, 0) is 23.1 Å². The molecule has 2 aromatic carbocycles. The third kappa shape index (κ3) is 5.12. The summed E-state index contributed by atoms with van der Waals surface area (Å²) in [6.07, 6.45) is 3.66. The van der Waals surface area contributed by atoms with E-state index in [-0.39, 0.29) is 12.3 Å². The number of pyridine rings is 1. The molecule has 0 aliphatic rings. The normalized spacial score (nSPS) is 11.9. The van der Waals surface area contributed by atoms with Crippen LogP contribution >= 0.6 is 11.3 Å². The van der Waals surface area contributed by atoms with Gasteiger partial charge in [-0.05, 0) is 23.6 Å². The second-order valence-corrected chi connectivity index (χ2v) is 9.70. The SMILES string of the molecule is CN(C(=O)[C@@H](CC(=O)O)Cc1ccccc1)c1nc(-c2ccccc2-c2cnc3c(c2)ncn3C)cs1. The number of carboxylic acid groups (broad SMARTS) is 1. The van der Waals surface area contributed by atoms with Gasteiger partial charge in [-0.15, -0.1) is 11.3 Å². The van der Waals surface area contributed by atoms with E-state index in [1.54, 1.807) is 13.4 Å². The number of aliphatic carboxylic acids is 1. The summed E-state index contributed by atoms with van der Waals surface area (Å²) in [7, 11) is 3.56. The molecule has 5 aromatic rings. The Morgan fingerprint density at radius 3 is 2.54 bits per heavy atom. The van der Waals surface area contributed by atoms with E-state index in [9.17, 15) is 14.7 Å². The Balaban J connectivity index is 1.42. The molecule has 0 aliphatic heterocycles. The minimum atomic E-state index is -1.00. The zero-order chi connectivity index (χ0) is 25.9. The highest BCUT2D eigenvalue weighted by atomic mass is 32.1. The van der Waals surface area contributed by atoms with E-state index in [2.05, 4.69) is 9.97 Å². The molecule has 0 aliphatic carbocycles. The van der Waals surface area contributed by atoms with Crippen LogP contribution in [0.25, 0.3) is 33.5 Å². The number of aryl methyl sites for hydroxylation is 1. The number of hydrogen-bond acceptors (Lipinski definition) is 6. The molecule has 3 heterocycles. The fourth-order valence-corrected chi connectivity index (χ4v) is 5.18. The average Bonchev–Trinajstić information content (AvgIpc) is 3.55. The first kappa shape index (κ1) is 24.3. The van der Waals surface area contributed by atoms with Gasteiger partial charge in [0.1, 0.15) is 5.52 Å². The molecule has 0 radical (unpaired) electrons. The summed E-state index contributed by atoms with van der Waals surface area (Å²) in [6.45, 7) is 0. The van der Waals surface area contributed by atoms with Gasteiger partial charge in [-0.1, -0.05) is 54.6 Å². The Morgan fingerprint density at radius 1 is 1.05 bits per heavy atom. The fraction of sp³-hybridized carbons (Fsp3) is 0.179. The van der Waals surface area contributed by atoms with Crippen LogP contribution in [0.5, 0.6) is 0 Å². The number of carboxylic acids is 1. The second-order valence-electron chi connectivity index (χ2n) is 8.86. The lowest BCUT2D eigenvalue weighted by Gasteiger charge is -2.21. The smallest absolute Gasteiger partial charge is 0.304 e. The molecular weight excluding hydrogens is 486 g/mol. The molecule has 0 saturated carbocycles. The number of thiazole rings is 1. The average molecular weight is 512 g/mol. The molecule has 5 rings (SSSR count). The molecule has 0 unspecified atom stereocenters. The van der Waals surface area contributed by atoms with Crippen molar-refractivity contribution in [2.45, 2.75) is 12.8 Å². The first-order valence-corrected chi connectivity index (χ1v) is 12.6. The quantitative estimate of drug-likeness (QED) is 0.313. The summed E-state index contributed by atoms with van der Waals surface area (Å²) in [5.41, 5.74) is 6.06. The number of aromatic nitrogens is 4. The van der Waals surface area contributed by atoms with Crippen molar-refractivity contribution in [2.24, 2.45) is 13.0 Å². The number of amides is 1. The van der Waals surface area contributed by atoms with Crippen molar-refractivity contribution in [1.29, 1.82) is 0 Å². The molecule has 8 nitrogen and oxygen atoms in total. The molecule has 1 amide bonds. The highest BCUT2D eigenvalue weighted by molar-refractivity contribution is 7.14. The van der Waals surface area contributed by atoms with Crippen LogP contribution in [0.2, 0.25) is 0 Å². The number of fused-ring (bicyclic) bond motifs is 1. The van der Waals surface area contributed by atoms with Crippen molar-refractivity contribution in [3.63, 3.8) is 0 Å². The number of rotatable bonds is 8. The van der Waals surface area contributed by atoms with Crippen molar-refractivity contribution >= 4 is 39.5 Å².